The van der Waals surface area contributed by atoms with Crippen LogP contribution in [0.4, 0.5) is 0 Å². The van der Waals surface area contributed by atoms with Crippen LogP contribution in [-0.2, 0) is 47.6 Å². The van der Waals surface area contributed by atoms with E-state index in [0.29, 0.717) is 11.1 Å². The van der Waals surface area contributed by atoms with Crippen LogP contribution in [0.2, 0.25) is 0 Å². The van der Waals surface area contributed by atoms with Gasteiger partial charge in [-0.25, -0.2) is 9.59 Å². The normalized spacial score (nSPS) is 28.0. The molecular formula is C29H32O12. The summed E-state index contributed by atoms with van der Waals surface area (Å²) in [6.45, 7) is 5.37. The van der Waals surface area contributed by atoms with Crippen molar-refractivity contribution in [2.75, 3.05) is 0 Å². The monoisotopic (exact) mass is 572 g/mol. The second-order valence-electron chi connectivity index (χ2n) is 10.1. The molecule has 12 heteroatoms. The highest BCUT2D eigenvalue weighted by Crippen LogP contribution is 2.41. The first-order valence-electron chi connectivity index (χ1n) is 12.9. The van der Waals surface area contributed by atoms with E-state index in [4.69, 9.17) is 28.4 Å². The Morgan fingerprint density at radius 1 is 0.683 bits per heavy atom. The molecule has 0 aromatic heterocycles. The average molecular weight is 573 g/mol. The van der Waals surface area contributed by atoms with Gasteiger partial charge in [-0.1, -0.05) is 60.7 Å². The largest absolute Gasteiger partial charge is 0.454 e. The summed E-state index contributed by atoms with van der Waals surface area (Å²) < 4.78 is 33.4. The molecule has 1 saturated carbocycles. The molecular weight excluding hydrogens is 540 g/mol. The molecule has 2 aromatic carbocycles. The zero-order valence-electron chi connectivity index (χ0n) is 22.9. The number of carbonyl (C=O) groups is 4. The van der Waals surface area contributed by atoms with Gasteiger partial charge in [0.15, 0.2) is 18.0 Å². The first kappa shape index (κ1) is 30.1. The molecule has 41 heavy (non-hydrogen) atoms. The first-order chi connectivity index (χ1) is 19.4. The van der Waals surface area contributed by atoms with E-state index in [9.17, 15) is 29.4 Å². The zero-order valence-corrected chi connectivity index (χ0v) is 22.9. The number of esters is 4. The molecule has 2 fully saturated rings. The lowest BCUT2D eigenvalue weighted by molar-refractivity contribution is -0.227. The maximum Gasteiger partial charge on any atom is 0.352 e. The van der Waals surface area contributed by atoms with Crippen LogP contribution in [0.3, 0.4) is 0 Å². The fourth-order valence-corrected chi connectivity index (χ4v) is 4.86. The molecule has 2 aromatic rings. The summed E-state index contributed by atoms with van der Waals surface area (Å²) in [6.07, 6.45) is -12.0. The molecule has 2 aliphatic rings. The molecule has 0 bridgehead atoms. The smallest absolute Gasteiger partial charge is 0.352 e. The fourth-order valence-electron chi connectivity index (χ4n) is 4.86. The van der Waals surface area contributed by atoms with Crippen molar-refractivity contribution in [3.05, 3.63) is 71.8 Å². The van der Waals surface area contributed by atoms with Crippen LogP contribution in [0, 0.1) is 0 Å². The Morgan fingerprint density at radius 2 is 1.02 bits per heavy atom. The van der Waals surface area contributed by atoms with Crippen molar-refractivity contribution in [2.24, 2.45) is 0 Å². The van der Waals surface area contributed by atoms with E-state index >= 15 is 0 Å². The van der Waals surface area contributed by atoms with E-state index in [-0.39, 0.29) is 0 Å². The molecule has 0 amide bonds. The minimum absolute atomic E-state index is 0.322. The van der Waals surface area contributed by atoms with Gasteiger partial charge >= 0.3 is 23.9 Å². The molecule has 0 radical (unpaired) electrons. The van der Waals surface area contributed by atoms with Crippen molar-refractivity contribution in [3.63, 3.8) is 0 Å². The van der Waals surface area contributed by atoms with Crippen LogP contribution in [0.1, 0.15) is 51.0 Å². The molecule has 4 rings (SSSR count). The van der Waals surface area contributed by atoms with Crippen molar-refractivity contribution in [2.45, 2.75) is 82.3 Å². The first-order valence-corrected chi connectivity index (χ1v) is 12.9. The summed E-state index contributed by atoms with van der Waals surface area (Å²) in [5, 5.41) is 22.2. The Hall–Kier alpha value is -3.84. The number of fused-ring (bicyclic) bond motifs is 1. The molecule has 1 heterocycles. The maximum atomic E-state index is 13.2. The molecule has 2 N–H and O–H groups in total. The molecule has 1 aliphatic carbocycles. The van der Waals surface area contributed by atoms with Gasteiger partial charge in [-0.3, -0.25) is 9.59 Å². The number of hydrogen-bond acceptors (Lipinski definition) is 12. The lowest BCUT2D eigenvalue weighted by atomic mass is 9.84. The number of benzene rings is 2. The lowest BCUT2D eigenvalue weighted by Gasteiger charge is -2.42. The van der Waals surface area contributed by atoms with Crippen LogP contribution in [0.15, 0.2) is 60.7 Å². The average Bonchev–Trinajstić information content (AvgIpc) is 3.26. The second-order valence-corrected chi connectivity index (χ2v) is 10.1. The van der Waals surface area contributed by atoms with E-state index in [2.05, 4.69) is 0 Å². The third-order valence-electron chi connectivity index (χ3n) is 6.54. The van der Waals surface area contributed by atoms with Gasteiger partial charge in [0.25, 0.3) is 0 Å². The summed E-state index contributed by atoms with van der Waals surface area (Å²) in [7, 11) is 0. The SMILES string of the molecule is CC(=O)O[C@H](C(=O)O[C@H]1[C@H](O)[C@@H](O)[C@H](OC(=O)[C@@H](OC(C)=O)c2ccccc2)[C@H]2OC(C)(C)O[C@H]21)c1ccccc1. The summed E-state index contributed by atoms with van der Waals surface area (Å²) in [5.41, 5.74) is 0.645. The lowest BCUT2D eigenvalue weighted by Crippen LogP contribution is -2.65. The van der Waals surface area contributed by atoms with Crippen molar-refractivity contribution in [1.29, 1.82) is 0 Å². The third kappa shape index (κ3) is 6.91. The Kier molecular flexibility index (Phi) is 9.08. The number of hydrogen-bond donors (Lipinski definition) is 2. The van der Waals surface area contributed by atoms with Gasteiger partial charge in [-0.15, -0.1) is 0 Å². The van der Waals surface area contributed by atoms with Crippen molar-refractivity contribution in [1.82, 2.24) is 0 Å². The van der Waals surface area contributed by atoms with Crippen LogP contribution in [-0.4, -0.2) is 76.5 Å². The van der Waals surface area contributed by atoms with Crippen molar-refractivity contribution in [3.8, 4) is 0 Å². The van der Waals surface area contributed by atoms with E-state index < -0.39 is 78.5 Å². The van der Waals surface area contributed by atoms with Gasteiger partial charge in [-0.2, -0.15) is 0 Å². The Balaban J connectivity index is 1.59. The zero-order chi connectivity index (χ0) is 29.9. The quantitative estimate of drug-likeness (QED) is 0.348. The van der Waals surface area contributed by atoms with Crippen LogP contribution >= 0.6 is 0 Å². The Morgan fingerprint density at radius 3 is 1.34 bits per heavy atom. The van der Waals surface area contributed by atoms with Crippen molar-refractivity contribution < 1.29 is 57.8 Å². The minimum Gasteiger partial charge on any atom is -0.454 e. The summed E-state index contributed by atoms with van der Waals surface area (Å²) in [4.78, 5) is 49.9. The highest BCUT2D eigenvalue weighted by atomic mass is 16.8. The Labute approximate surface area is 236 Å². The third-order valence-corrected chi connectivity index (χ3v) is 6.54. The van der Waals surface area contributed by atoms with E-state index in [1.807, 2.05) is 0 Å². The molecule has 220 valence electrons. The molecule has 1 aliphatic heterocycles. The van der Waals surface area contributed by atoms with E-state index in [1.165, 1.54) is 0 Å². The molecule has 0 unspecified atom stereocenters. The molecule has 0 spiro atoms. The predicted octanol–water partition coefficient (Wildman–Crippen LogP) is 1.67. The number of carbonyl (C=O) groups excluding carboxylic acids is 4. The predicted molar refractivity (Wildman–Crippen MR) is 137 cm³/mol. The van der Waals surface area contributed by atoms with Gasteiger partial charge < -0.3 is 38.6 Å². The van der Waals surface area contributed by atoms with Gasteiger partial charge in [-0.05, 0) is 13.8 Å². The van der Waals surface area contributed by atoms with E-state index in [0.717, 1.165) is 13.8 Å². The van der Waals surface area contributed by atoms with Gasteiger partial charge in [0.05, 0.1) is 0 Å². The summed E-state index contributed by atoms with van der Waals surface area (Å²) in [5.74, 6) is -4.83. The highest BCUT2D eigenvalue weighted by Gasteiger charge is 2.61. The Bertz CT molecular complexity index is 1150. The number of ether oxygens (including phenoxy) is 6. The van der Waals surface area contributed by atoms with Crippen LogP contribution in [0.25, 0.3) is 0 Å². The van der Waals surface area contributed by atoms with Crippen LogP contribution < -0.4 is 0 Å². The number of aliphatic hydroxyl groups is 2. The van der Waals surface area contributed by atoms with Gasteiger partial charge in [0.2, 0.25) is 12.2 Å². The highest BCUT2D eigenvalue weighted by molar-refractivity contribution is 5.81. The van der Waals surface area contributed by atoms with E-state index in [1.54, 1.807) is 74.5 Å². The molecule has 12 nitrogen and oxygen atoms in total. The fraction of sp³-hybridized carbons (Fsp3) is 0.448. The molecule has 8 atom stereocenters. The number of rotatable bonds is 8. The topological polar surface area (TPSA) is 164 Å². The maximum absolute atomic E-state index is 13.2. The van der Waals surface area contributed by atoms with Crippen molar-refractivity contribution >= 4 is 23.9 Å². The summed E-state index contributed by atoms with van der Waals surface area (Å²) in [6, 6.07) is 16.2. The standard InChI is InChI=1S/C29H32O12/c1-15(30)36-21(17-11-7-5-8-12-17)27(34)38-23-19(32)20(33)24(26-25(23)40-29(3,4)41-26)39-28(35)22(37-16(2)31)18-13-9-6-10-14-18/h5-14,19-26,32-33H,1-4H3/t19-,20-,21+,22+,23+,24+,25-,26+/m1/s1. The van der Waals surface area contributed by atoms with Gasteiger partial charge in [0.1, 0.15) is 24.4 Å². The van der Waals surface area contributed by atoms with Crippen LogP contribution in [0.5, 0.6) is 0 Å². The van der Waals surface area contributed by atoms with Gasteiger partial charge in [0, 0.05) is 25.0 Å². The molecule has 1 saturated heterocycles. The summed E-state index contributed by atoms with van der Waals surface area (Å²) >= 11 is 0. The minimum atomic E-state index is -1.81. The number of aliphatic hydroxyl groups excluding tert-OH is 2. The second kappa shape index (κ2) is 12.4.